The first-order valence-corrected chi connectivity index (χ1v) is 8.43. The lowest BCUT2D eigenvalue weighted by atomic mass is 9.89. The van der Waals surface area contributed by atoms with Gasteiger partial charge < -0.3 is 0 Å². The van der Waals surface area contributed by atoms with Crippen LogP contribution in [0.5, 0.6) is 0 Å². The molecule has 0 spiro atoms. The Morgan fingerprint density at radius 1 is 0.833 bits per heavy atom. The van der Waals surface area contributed by atoms with Gasteiger partial charge in [0.05, 0.1) is 5.56 Å². The van der Waals surface area contributed by atoms with E-state index in [1.807, 2.05) is 6.07 Å². The van der Waals surface area contributed by atoms with Crippen molar-refractivity contribution in [1.82, 2.24) is 4.90 Å². The molecule has 1 saturated heterocycles. The van der Waals surface area contributed by atoms with Crippen LogP contribution in [0.1, 0.15) is 29.5 Å². The number of nitrogens with zero attached hydrogens (tertiary/aromatic N) is 1. The van der Waals surface area contributed by atoms with Crippen molar-refractivity contribution in [3.63, 3.8) is 0 Å². The molecule has 2 aromatic rings. The third-order valence-corrected chi connectivity index (χ3v) is 4.76. The van der Waals surface area contributed by atoms with Gasteiger partial charge in [0.2, 0.25) is 0 Å². The summed E-state index contributed by atoms with van der Waals surface area (Å²) in [6.07, 6.45) is -1.17. The number of likely N-dealkylation sites (tertiary alicyclic amines) is 1. The Labute approximate surface area is 141 Å². The van der Waals surface area contributed by atoms with Crippen LogP contribution in [0.25, 0.3) is 0 Å². The Bertz CT molecular complexity index is 626. The number of piperidine rings is 1. The molecular weight excluding hydrogens is 311 g/mol. The molecule has 24 heavy (non-hydrogen) atoms. The molecule has 0 aromatic heterocycles. The van der Waals surface area contributed by atoms with E-state index < -0.39 is 11.7 Å². The average Bonchev–Trinajstić information content (AvgIpc) is 2.57. The van der Waals surface area contributed by atoms with Crippen molar-refractivity contribution < 1.29 is 13.2 Å². The van der Waals surface area contributed by atoms with Crippen molar-refractivity contribution in [3.8, 4) is 0 Å². The summed E-state index contributed by atoms with van der Waals surface area (Å²) in [4.78, 5) is 2.46. The highest BCUT2D eigenvalue weighted by molar-refractivity contribution is 5.25. The average molecular weight is 333 g/mol. The summed E-state index contributed by atoms with van der Waals surface area (Å²) >= 11 is 0. The summed E-state index contributed by atoms with van der Waals surface area (Å²) in [6.45, 7) is 3.09. The molecule has 1 nitrogen and oxygen atoms in total. The maximum absolute atomic E-state index is 12.6. The van der Waals surface area contributed by atoms with Crippen LogP contribution < -0.4 is 0 Å². The molecule has 128 valence electrons. The van der Waals surface area contributed by atoms with Crippen molar-refractivity contribution >= 4 is 0 Å². The van der Waals surface area contributed by atoms with E-state index in [0.717, 1.165) is 44.5 Å². The van der Waals surface area contributed by atoms with E-state index in [0.29, 0.717) is 5.92 Å². The minimum Gasteiger partial charge on any atom is -0.299 e. The Morgan fingerprint density at radius 2 is 1.46 bits per heavy atom. The minimum atomic E-state index is -4.25. The molecule has 0 amide bonds. The van der Waals surface area contributed by atoms with Crippen LogP contribution in [-0.4, -0.2) is 18.0 Å². The maximum Gasteiger partial charge on any atom is 0.416 e. The molecule has 1 fully saturated rings. The van der Waals surface area contributed by atoms with Gasteiger partial charge in [-0.1, -0.05) is 42.5 Å². The van der Waals surface area contributed by atoms with Gasteiger partial charge >= 0.3 is 6.18 Å². The van der Waals surface area contributed by atoms with Gasteiger partial charge in [-0.2, -0.15) is 13.2 Å². The van der Waals surface area contributed by atoms with E-state index in [1.54, 1.807) is 12.1 Å². The fourth-order valence-corrected chi connectivity index (χ4v) is 3.35. The van der Waals surface area contributed by atoms with E-state index in [4.69, 9.17) is 0 Å². The lowest BCUT2D eigenvalue weighted by Crippen LogP contribution is -2.33. The van der Waals surface area contributed by atoms with E-state index >= 15 is 0 Å². The molecule has 2 aromatic carbocycles. The molecule has 0 aliphatic carbocycles. The van der Waals surface area contributed by atoms with E-state index in [1.165, 1.54) is 17.7 Å². The van der Waals surface area contributed by atoms with E-state index in [9.17, 15) is 13.2 Å². The highest BCUT2D eigenvalue weighted by atomic mass is 19.4. The van der Waals surface area contributed by atoms with Crippen molar-refractivity contribution in [1.29, 1.82) is 0 Å². The highest BCUT2D eigenvalue weighted by Crippen LogP contribution is 2.30. The Balaban J connectivity index is 1.48. The van der Waals surface area contributed by atoms with Crippen molar-refractivity contribution in [2.24, 2.45) is 5.92 Å². The van der Waals surface area contributed by atoms with Crippen LogP contribution in [-0.2, 0) is 19.1 Å². The van der Waals surface area contributed by atoms with Gasteiger partial charge in [0.25, 0.3) is 0 Å². The van der Waals surface area contributed by atoms with Gasteiger partial charge in [0, 0.05) is 6.54 Å². The monoisotopic (exact) mass is 333 g/mol. The zero-order chi connectivity index (χ0) is 17.0. The Kier molecular flexibility index (Phi) is 5.24. The first-order chi connectivity index (χ1) is 11.5. The van der Waals surface area contributed by atoms with Crippen LogP contribution in [0.15, 0.2) is 54.6 Å². The van der Waals surface area contributed by atoms with Gasteiger partial charge in [-0.25, -0.2) is 0 Å². The molecular formula is C20H22F3N. The molecule has 0 saturated carbocycles. The van der Waals surface area contributed by atoms with Crippen molar-refractivity contribution in [2.45, 2.75) is 32.0 Å². The van der Waals surface area contributed by atoms with E-state index in [-0.39, 0.29) is 0 Å². The smallest absolute Gasteiger partial charge is 0.299 e. The second-order valence-electron chi connectivity index (χ2n) is 6.60. The summed E-state index contributed by atoms with van der Waals surface area (Å²) in [5.74, 6) is 0.564. The number of alkyl halides is 3. The largest absolute Gasteiger partial charge is 0.416 e. The first-order valence-electron chi connectivity index (χ1n) is 8.43. The highest BCUT2D eigenvalue weighted by Gasteiger charge is 2.30. The summed E-state index contributed by atoms with van der Waals surface area (Å²) in [7, 11) is 0. The molecule has 0 unspecified atom stereocenters. The number of benzene rings is 2. The fourth-order valence-electron chi connectivity index (χ4n) is 3.35. The number of hydrogen-bond acceptors (Lipinski definition) is 1. The van der Waals surface area contributed by atoms with Crippen LogP contribution in [0.3, 0.4) is 0 Å². The molecule has 0 N–H and O–H groups in total. The zero-order valence-electron chi connectivity index (χ0n) is 13.6. The summed E-state index contributed by atoms with van der Waals surface area (Å²) in [5.41, 5.74) is 1.77. The fraction of sp³-hybridized carbons (Fsp3) is 0.400. The van der Waals surface area contributed by atoms with Gasteiger partial charge in [0.15, 0.2) is 0 Å². The minimum absolute atomic E-state index is 0.564. The van der Waals surface area contributed by atoms with Gasteiger partial charge in [-0.15, -0.1) is 0 Å². The molecule has 0 radical (unpaired) electrons. The third-order valence-electron chi connectivity index (χ3n) is 4.76. The summed E-state index contributed by atoms with van der Waals surface area (Å²) < 4.78 is 37.8. The Hall–Kier alpha value is -1.81. The number of hydrogen-bond donors (Lipinski definition) is 0. The summed E-state index contributed by atoms with van der Waals surface area (Å²) in [5, 5.41) is 0. The predicted molar refractivity (Wildman–Crippen MR) is 89.6 cm³/mol. The van der Waals surface area contributed by atoms with Crippen LogP contribution in [0.2, 0.25) is 0 Å². The van der Waals surface area contributed by atoms with E-state index in [2.05, 4.69) is 29.2 Å². The van der Waals surface area contributed by atoms with Gasteiger partial charge in [0.1, 0.15) is 0 Å². The Morgan fingerprint density at radius 3 is 2.04 bits per heavy atom. The van der Waals surface area contributed by atoms with Gasteiger partial charge in [-0.3, -0.25) is 4.90 Å². The number of halogens is 3. The third kappa shape index (κ3) is 4.60. The van der Waals surface area contributed by atoms with Crippen LogP contribution in [0.4, 0.5) is 13.2 Å². The van der Waals surface area contributed by atoms with Crippen LogP contribution in [0, 0.1) is 5.92 Å². The molecule has 1 aliphatic rings. The van der Waals surface area contributed by atoms with Crippen molar-refractivity contribution in [2.75, 3.05) is 13.1 Å². The molecule has 1 aliphatic heterocycles. The first kappa shape index (κ1) is 17.0. The molecule has 0 bridgehead atoms. The molecule has 4 heteroatoms. The number of rotatable bonds is 4. The van der Waals surface area contributed by atoms with Crippen LogP contribution >= 0.6 is 0 Å². The topological polar surface area (TPSA) is 3.24 Å². The molecule has 1 heterocycles. The summed E-state index contributed by atoms with van der Waals surface area (Å²) in [6, 6.07) is 16.1. The van der Waals surface area contributed by atoms with Crippen molar-refractivity contribution in [3.05, 3.63) is 71.3 Å². The SMILES string of the molecule is FC(F)(F)c1ccc(CC2CCN(Cc3ccccc3)CC2)cc1. The second kappa shape index (κ2) is 7.39. The predicted octanol–water partition coefficient (Wildman–Crippen LogP) is 5.16. The normalized spacial score (nSPS) is 17.1. The second-order valence-corrected chi connectivity index (χ2v) is 6.60. The standard InChI is InChI=1S/C20H22F3N/c21-20(22,23)19-8-6-16(7-9-19)14-17-10-12-24(13-11-17)15-18-4-2-1-3-5-18/h1-9,17H,10-15H2. The van der Waals surface area contributed by atoms with Gasteiger partial charge in [-0.05, 0) is 61.5 Å². The zero-order valence-corrected chi connectivity index (χ0v) is 13.6. The maximum atomic E-state index is 12.6. The lowest BCUT2D eigenvalue weighted by Gasteiger charge is -2.32. The quantitative estimate of drug-likeness (QED) is 0.747. The lowest BCUT2D eigenvalue weighted by molar-refractivity contribution is -0.137. The molecule has 3 rings (SSSR count). The molecule has 0 atom stereocenters.